The Kier molecular flexibility index (Phi) is 3.91. The second kappa shape index (κ2) is 5.83. The van der Waals surface area contributed by atoms with E-state index in [0.717, 1.165) is 17.1 Å². The fourth-order valence-electron chi connectivity index (χ4n) is 2.63. The first-order chi connectivity index (χ1) is 9.83. The van der Waals surface area contributed by atoms with Crippen LogP contribution in [0.25, 0.3) is 0 Å². The quantitative estimate of drug-likeness (QED) is 0.668. The van der Waals surface area contributed by atoms with Crippen molar-refractivity contribution < 1.29 is 4.74 Å². The number of methoxy groups -OCH3 is 1. The number of nitrogens with one attached hydrogen (secondary N) is 1. The number of fused-ring (bicyclic) bond motifs is 1. The van der Waals surface area contributed by atoms with Crippen LogP contribution in [0.15, 0.2) is 47.6 Å². The van der Waals surface area contributed by atoms with Crippen molar-refractivity contribution in [3.63, 3.8) is 0 Å². The van der Waals surface area contributed by atoms with E-state index in [2.05, 4.69) is 34.7 Å². The molecular formula is C15H17N3OS. The van der Waals surface area contributed by atoms with Gasteiger partial charge in [-0.3, -0.25) is 16.3 Å². The number of nitrogens with zero attached hydrogens (tertiary/aromatic N) is 1. The van der Waals surface area contributed by atoms with Crippen LogP contribution >= 0.6 is 11.8 Å². The first-order valence-electron chi connectivity index (χ1n) is 6.50. The molecule has 0 spiro atoms. The van der Waals surface area contributed by atoms with E-state index in [9.17, 15) is 0 Å². The molecule has 2 heterocycles. The lowest BCUT2D eigenvalue weighted by atomic mass is 9.89. The van der Waals surface area contributed by atoms with Gasteiger partial charge >= 0.3 is 0 Å². The van der Waals surface area contributed by atoms with E-state index in [4.69, 9.17) is 10.6 Å². The molecule has 3 N–H and O–H groups in total. The van der Waals surface area contributed by atoms with Gasteiger partial charge in [-0.15, -0.1) is 11.8 Å². The van der Waals surface area contributed by atoms with E-state index in [-0.39, 0.29) is 6.04 Å². The molecule has 0 radical (unpaired) electrons. The molecule has 2 aromatic rings. The summed E-state index contributed by atoms with van der Waals surface area (Å²) >= 11 is 1.88. The van der Waals surface area contributed by atoms with Gasteiger partial charge < -0.3 is 4.74 Å². The lowest BCUT2D eigenvalue weighted by molar-refractivity contribution is 0.409. The Hall–Kier alpha value is -1.56. The molecule has 0 amide bonds. The van der Waals surface area contributed by atoms with Gasteiger partial charge in [-0.1, -0.05) is 18.2 Å². The number of rotatable bonds is 4. The van der Waals surface area contributed by atoms with Crippen molar-refractivity contribution in [1.29, 1.82) is 0 Å². The Morgan fingerprint density at radius 1 is 1.40 bits per heavy atom. The minimum absolute atomic E-state index is 0.0359. The lowest BCUT2D eigenvalue weighted by Crippen LogP contribution is -2.32. The third kappa shape index (κ3) is 2.40. The van der Waals surface area contributed by atoms with Crippen LogP contribution in [-0.2, 0) is 0 Å². The van der Waals surface area contributed by atoms with Gasteiger partial charge in [0.25, 0.3) is 0 Å². The van der Waals surface area contributed by atoms with Gasteiger partial charge in [-0.05, 0) is 23.3 Å². The molecule has 3 rings (SSSR count). The second-order valence-electron chi connectivity index (χ2n) is 4.76. The Morgan fingerprint density at radius 3 is 3.05 bits per heavy atom. The maximum Gasteiger partial charge on any atom is 0.137 e. The summed E-state index contributed by atoms with van der Waals surface area (Å²) in [5.74, 6) is 7.92. The molecule has 1 aliphatic heterocycles. The van der Waals surface area contributed by atoms with Crippen LogP contribution in [0.2, 0.25) is 0 Å². The van der Waals surface area contributed by atoms with Gasteiger partial charge in [0.15, 0.2) is 0 Å². The number of hydrogen-bond acceptors (Lipinski definition) is 5. The molecule has 0 aliphatic carbocycles. The van der Waals surface area contributed by atoms with Crippen LogP contribution in [-0.4, -0.2) is 17.8 Å². The van der Waals surface area contributed by atoms with Crippen molar-refractivity contribution in [2.45, 2.75) is 16.9 Å². The molecule has 0 fully saturated rings. The maximum absolute atomic E-state index is 5.81. The summed E-state index contributed by atoms with van der Waals surface area (Å²) in [7, 11) is 1.65. The molecule has 2 atom stereocenters. The van der Waals surface area contributed by atoms with Crippen LogP contribution in [0.3, 0.4) is 0 Å². The predicted molar refractivity (Wildman–Crippen MR) is 80.8 cm³/mol. The average molecular weight is 287 g/mol. The standard InChI is InChI=1S/C15H17N3OS/c1-19-11-6-10(7-17-8-11)15(18-16)13-9-20-14-5-3-2-4-12(13)14/h2-8,13,15,18H,9,16H2,1H3. The van der Waals surface area contributed by atoms with E-state index in [0.29, 0.717) is 5.92 Å². The number of pyridine rings is 1. The maximum atomic E-state index is 5.81. The summed E-state index contributed by atoms with van der Waals surface area (Å²) in [5, 5.41) is 0. The van der Waals surface area contributed by atoms with Crippen LogP contribution in [0.5, 0.6) is 5.75 Å². The molecule has 20 heavy (non-hydrogen) atoms. The molecule has 1 aliphatic rings. The molecule has 0 saturated carbocycles. The number of hydrogen-bond donors (Lipinski definition) is 2. The van der Waals surface area contributed by atoms with E-state index < -0.39 is 0 Å². The van der Waals surface area contributed by atoms with Crippen LogP contribution in [0.1, 0.15) is 23.1 Å². The van der Waals surface area contributed by atoms with Crippen molar-refractivity contribution in [3.05, 3.63) is 53.9 Å². The number of aromatic nitrogens is 1. The lowest BCUT2D eigenvalue weighted by Gasteiger charge is -2.23. The predicted octanol–water partition coefficient (Wildman–Crippen LogP) is 2.48. The highest BCUT2D eigenvalue weighted by Crippen LogP contribution is 2.45. The summed E-state index contributed by atoms with van der Waals surface area (Å²) < 4.78 is 5.25. The van der Waals surface area contributed by atoms with E-state index in [1.165, 1.54) is 10.5 Å². The summed E-state index contributed by atoms with van der Waals surface area (Å²) in [4.78, 5) is 5.57. The minimum Gasteiger partial charge on any atom is -0.495 e. The van der Waals surface area contributed by atoms with Crippen molar-refractivity contribution in [2.75, 3.05) is 12.9 Å². The molecule has 0 bridgehead atoms. The summed E-state index contributed by atoms with van der Waals surface area (Å²) in [5.41, 5.74) is 5.34. The smallest absolute Gasteiger partial charge is 0.137 e. The number of ether oxygens (including phenoxy) is 1. The highest BCUT2D eigenvalue weighted by Gasteiger charge is 2.31. The zero-order chi connectivity index (χ0) is 13.9. The minimum atomic E-state index is 0.0359. The largest absolute Gasteiger partial charge is 0.495 e. The first kappa shape index (κ1) is 13.4. The van der Waals surface area contributed by atoms with Crippen LogP contribution < -0.4 is 16.0 Å². The summed E-state index contributed by atoms with van der Waals surface area (Å²) in [6.45, 7) is 0. The van der Waals surface area contributed by atoms with E-state index in [1.54, 1.807) is 13.3 Å². The van der Waals surface area contributed by atoms with Gasteiger partial charge in [-0.25, -0.2) is 0 Å². The van der Waals surface area contributed by atoms with Crippen molar-refractivity contribution in [2.24, 2.45) is 5.84 Å². The third-order valence-electron chi connectivity index (χ3n) is 3.65. The molecule has 1 aromatic heterocycles. The van der Waals surface area contributed by atoms with Crippen molar-refractivity contribution in [1.82, 2.24) is 10.4 Å². The summed E-state index contributed by atoms with van der Waals surface area (Å²) in [6, 6.07) is 10.5. The fourth-order valence-corrected chi connectivity index (χ4v) is 3.92. The number of thioether (sulfide) groups is 1. The zero-order valence-electron chi connectivity index (χ0n) is 11.2. The van der Waals surface area contributed by atoms with Gasteiger partial charge in [0.1, 0.15) is 5.75 Å². The zero-order valence-corrected chi connectivity index (χ0v) is 12.1. The summed E-state index contributed by atoms with van der Waals surface area (Å²) in [6.07, 6.45) is 3.55. The highest BCUT2D eigenvalue weighted by atomic mass is 32.2. The van der Waals surface area contributed by atoms with Gasteiger partial charge in [-0.2, -0.15) is 0 Å². The monoisotopic (exact) mass is 287 g/mol. The molecule has 104 valence electrons. The number of hydrazine groups is 1. The Bertz CT molecular complexity index is 605. The number of benzene rings is 1. The fraction of sp³-hybridized carbons (Fsp3) is 0.267. The Balaban J connectivity index is 1.95. The highest BCUT2D eigenvalue weighted by molar-refractivity contribution is 7.99. The van der Waals surface area contributed by atoms with Crippen LogP contribution in [0, 0.1) is 0 Å². The molecule has 5 heteroatoms. The number of nitrogens with two attached hydrogens (primary N) is 1. The van der Waals surface area contributed by atoms with E-state index in [1.807, 2.05) is 24.0 Å². The first-order valence-corrected chi connectivity index (χ1v) is 7.49. The van der Waals surface area contributed by atoms with Crippen molar-refractivity contribution in [3.8, 4) is 5.75 Å². The van der Waals surface area contributed by atoms with Crippen LogP contribution in [0.4, 0.5) is 0 Å². The SMILES string of the molecule is COc1cncc(C(NN)C2CSc3ccccc32)c1. The van der Waals surface area contributed by atoms with Crippen molar-refractivity contribution >= 4 is 11.8 Å². The van der Waals surface area contributed by atoms with E-state index >= 15 is 0 Å². The Morgan fingerprint density at radius 2 is 2.25 bits per heavy atom. The second-order valence-corrected chi connectivity index (χ2v) is 5.82. The topological polar surface area (TPSA) is 60.2 Å². The molecule has 2 unspecified atom stereocenters. The Labute approximate surface area is 122 Å². The van der Waals surface area contributed by atoms with Gasteiger partial charge in [0, 0.05) is 22.8 Å². The molecule has 0 saturated heterocycles. The average Bonchev–Trinajstić information content (AvgIpc) is 2.93. The third-order valence-corrected chi connectivity index (χ3v) is 4.86. The molecule has 1 aromatic carbocycles. The van der Waals surface area contributed by atoms with Gasteiger partial charge in [0.2, 0.25) is 0 Å². The molecular weight excluding hydrogens is 270 g/mol. The normalized spacial score (nSPS) is 18.6. The van der Waals surface area contributed by atoms with Gasteiger partial charge in [0.05, 0.1) is 19.3 Å². The molecule has 4 nitrogen and oxygen atoms in total.